The van der Waals surface area contributed by atoms with E-state index in [2.05, 4.69) is 9.97 Å². The normalized spacial score (nSPS) is 11.2. The number of aromatic nitrogens is 6. The van der Waals surface area contributed by atoms with Gasteiger partial charge in [0.2, 0.25) is 0 Å². The molecule has 0 N–H and O–H groups in total. The molecule has 0 saturated heterocycles. The van der Waals surface area contributed by atoms with E-state index in [0.29, 0.717) is 11.6 Å². The molecule has 4 heterocycles. The molecule has 0 aliphatic carbocycles. The third kappa shape index (κ3) is 3.94. The van der Waals surface area contributed by atoms with Crippen LogP contribution in [0.3, 0.4) is 0 Å². The second-order valence-electron chi connectivity index (χ2n) is 8.89. The average molecular weight is 489 g/mol. The van der Waals surface area contributed by atoms with Crippen molar-refractivity contribution < 1.29 is 0 Å². The zero-order chi connectivity index (χ0) is 25.3. The smallest absolute Gasteiger partial charge is 0.160 e. The number of rotatable bonds is 4. The predicted molar refractivity (Wildman–Crippen MR) is 150 cm³/mol. The first kappa shape index (κ1) is 21.9. The van der Waals surface area contributed by atoms with Crippen LogP contribution in [-0.4, -0.2) is 29.9 Å². The summed E-state index contributed by atoms with van der Waals surface area (Å²) in [5.41, 5.74) is 7.24. The second kappa shape index (κ2) is 9.26. The summed E-state index contributed by atoms with van der Waals surface area (Å²) in [5.74, 6) is 1.31. The number of para-hydroxylation sites is 2. The minimum atomic E-state index is 0.657. The molecular formula is C32H20N6. The van der Waals surface area contributed by atoms with Gasteiger partial charge in [0.25, 0.3) is 0 Å². The van der Waals surface area contributed by atoms with Crippen LogP contribution in [0, 0.1) is 0 Å². The topological polar surface area (TPSA) is 77.3 Å². The highest BCUT2D eigenvalue weighted by Gasteiger charge is 2.14. The molecule has 4 aromatic heterocycles. The highest BCUT2D eigenvalue weighted by molar-refractivity contribution is 5.94. The first-order chi connectivity index (χ1) is 18.8. The summed E-state index contributed by atoms with van der Waals surface area (Å²) in [5, 5.41) is 1.99. The number of hydrogen-bond acceptors (Lipinski definition) is 6. The Bertz CT molecular complexity index is 1760. The highest BCUT2D eigenvalue weighted by atomic mass is 14.9. The molecule has 178 valence electrons. The molecule has 0 fully saturated rings. The fraction of sp³-hybridized carbons (Fsp3) is 0. The Hall–Kier alpha value is -5.36. The number of nitrogens with zero attached hydrogens (tertiary/aromatic N) is 6. The van der Waals surface area contributed by atoms with Gasteiger partial charge in [-0.1, -0.05) is 60.7 Å². The third-order valence-corrected chi connectivity index (χ3v) is 6.48. The van der Waals surface area contributed by atoms with Gasteiger partial charge < -0.3 is 0 Å². The van der Waals surface area contributed by atoms with Gasteiger partial charge in [-0.15, -0.1) is 0 Å². The number of fused-ring (bicyclic) bond motifs is 2. The maximum atomic E-state index is 4.95. The van der Waals surface area contributed by atoms with Crippen LogP contribution in [0.1, 0.15) is 0 Å². The lowest BCUT2D eigenvalue weighted by Crippen LogP contribution is -1.97. The molecule has 0 saturated carbocycles. The SMILES string of the molecule is c1cncc(-c2nc(-c3ccc(-c4nc(-c5cccnc5)c5ccccc5n4)cc3)nc3ccccc23)c1. The minimum Gasteiger partial charge on any atom is -0.264 e. The standard InChI is InChI=1S/C32H20N6/c1-3-11-27-25(9-1)29(23-7-5-17-33-19-23)37-31(35-27)21-13-15-22(16-14-21)32-36-28-12-4-2-10-26(28)30(38-32)24-8-6-18-34-20-24/h1-20H. The Kier molecular flexibility index (Phi) is 5.33. The van der Waals surface area contributed by atoms with Gasteiger partial charge in [0.05, 0.1) is 22.4 Å². The minimum absolute atomic E-state index is 0.657. The lowest BCUT2D eigenvalue weighted by atomic mass is 10.1. The van der Waals surface area contributed by atoms with Gasteiger partial charge in [0.1, 0.15) is 0 Å². The van der Waals surface area contributed by atoms with Crippen molar-refractivity contribution in [3.05, 3.63) is 122 Å². The molecule has 0 spiro atoms. The lowest BCUT2D eigenvalue weighted by Gasteiger charge is -2.11. The molecule has 0 aliphatic heterocycles. The van der Waals surface area contributed by atoms with Gasteiger partial charge in [0.15, 0.2) is 11.6 Å². The van der Waals surface area contributed by atoms with Crippen LogP contribution in [0.5, 0.6) is 0 Å². The van der Waals surface area contributed by atoms with Crippen LogP contribution < -0.4 is 0 Å². The van der Waals surface area contributed by atoms with E-state index in [1.54, 1.807) is 12.4 Å². The molecule has 7 rings (SSSR count). The maximum absolute atomic E-state index is 4.95. The molecule has 38 heavy (non-hydrogen) atoms. The summed E-state index contributed by atoms with van der Waals surface area (Å²) in [6, 6.07) is 32.1. The van der Waals surface area contributed by atoms with Crippen LogP contribution in [0.4, 0.5) is 0 Å². The molecule has 0 unspecified atom stereocenters. The first-order valence-electron chi connectivity index (χ1n) is 12.3. The lowest BCUT2D eigenvalue weighted by molar-refractivity contribution is 1.21. The Morgan fingerprint density at radius 1 is 0.368 bits per heavy atom. The van der Waals surface area contributed by atoms with Crippen LogP contribution in [0.2, 0.25) is 0 Å². The molecule has 0 radical (unpaired) electrons. The summed E-state index contributed by atoms with van der Waals surface area (Å²) in [4.78, 5) is 28.2. The average Bonchev–Trinajstić information content (AvgIpc) is 3.01. The number of hydrogen-bond donors (Lipinski definition) is 0. The molecule has 3 aromatic carbocycles. The summed E-state index contributed by atoms with van der Waals surface area (Å²) >= 11 is 0. The highest BCUT2D eigenvalue weighted by Crippen LogP contribution is 2.31. The predicted octanol–water partition coefficient (Wildman–Crippen LogP) is 7.03. The van der Waals surface area contributed by atoms with E-state index in [1.165, 1.54) is 0 Å². The van der Waals surface area contributed by atoms with Gasteiger partial charge >= 0.3 is 0 Å². The fourth-order valence-electron chi connectivity index (χ4n) is 4.63. The van der Waals surface area contributed by atoms with Crippen molar-refractivity contribution in [2.24, 2.45) is 0 Å². The summed E-state index contributed by atoms with van der Waals surface area (Å²) in [6.45, 7) is 0. The molecule has 0 atom stereocenters. The zero-order valence-electron chi connectivity index (χ0n) is 20.2. The van der Waals surface area contributed by atoms with Gasteiger partial charge in [-0.05, 0) is 36.4 Å². The van der Waals surface area contributed by atoms with E-state index in [4.69, 9.17) is 19.9 Å². The van der Waals surface area contributed by atoms with E-state index in [9.17, 15) is 0 Å². The van der Waals surface area contributed by atoms with E-state index in [0.717, 1.165) is 55.4 Å². The zero-order valence-corrected chi connectivity index (χ0v) is 20.2. The van der Waals surface area contributed by atoms with E-state index < -0.39 is 0 Å². The number of pyridine rings is 2. The van der Waals surface area contributed by atoms with Gasteiger partial charge in [0, 0.05) is 57.8 Å². The Morgan fingerprint density at radius 3 is 1.24 bits per heavy atom. The van der Waals surface area contributed by atoms with Crippen molar-refractivity contribution in [1.29, 1.82) is 0 Å². The van der Waals surface area contributed by atoms with Crippen LogP contribution in [0.25, 0.3) is 67.1 Å². The summed E-state index contributed by atoms with van der Waals surface area (Å²) in [6.07, 6.45) is 7.19. The molecule has 6 nitrogen and oxygen atoms in total. The fourth-order valence-corrected chi connectivity index (χ4v) is 4.63. The van der Waals surface area contributed by atoms with E-state index in [1.807, 2.05) is 109 Å². The second-order valence-corrected chi connectivity index (χ2v) is 8.89. The van der Waals surface area contributed by atoms with Gasteiger partial charge in [-0.25, -0.2) is 19.9 Å². The monoisotopic (exact) mass is 488 g/mol. The Balaban J connectivity index is 1.33. The molecule has 6 heteroatoms. The first-order valence-corrected chi connectivity index (χ1v) is 12.3. The molecule has 7 aromatic rings. The molecular weight excluding hydrogens is 468 g/mol. The Morgan fingerprint density at radius 2 is 0.816 bits per heavy atom. The van der Waals surface area contributed by atoms with Crippen LogP contribution >= 0.6 is 0 Å². The van der Waals surface area contributed by atoms with Crippen molar-refractivity contribution in [1.82, 2.24) is 29.9 Å². The molecule has 0 aliphatic rings. The van der Waals surface area contributed by atoms with E-state index in [-0.39, 0.29) is 0 Å². The van der Waals surface area contributed by atoms with Gasteiger partial charge in [-0.3, -0.25) is 9.97 Å². The third-order valence-electron chi connectivity index (χ3n) is 6.48. The summed E-state index contributed by atoms with van der Waals surface area (Å²) < 4.78 is 0. The van der Waals surface area contributed by atoms with E-state index >= 15 is 0 Å². The van der Waals surface area contributed by atoms with Gasteiger partial charge in [-0.2, -0.15) is 0 Å². The van der Waals surface area contributed by atoms with Crippen molar-refractivity contribution in [3.63, 3.8) is 0 Å². The summed E-state index contributed by atoms with van der Waals surface area (Å²) in [7, 11) is 0. The van der Waals surface area contributed by atoms with Crippen LogP contribution in [-0.2, 0) is 0 Å². The largest absolute Gasteiger partial charge is 0.264 e. The van der Waals surface area contributed by atoms with Crippen molar-refractivity contribution in [2.45, 2.75) is 0 Å². The number of benzene rings is 3. The quantitative estimate of drug-likeness (QED) is 0.265. The maximum Gasteiger partial charge on any atom is 0.160 e. The van der Waals surface area contributed by atoms with Crippen LogP contribution in [0.15, 0.2) is 122 Å². The Labute approximate surface area is 218 Å². The van der Waals surface area contributed by atoms with Crippen molar-refractivity contribution >= 4 is 21.8 Å². The molecule has 0 amide bonds. The van der Waals surface area contributed by atoms with Crippen molar-refractivity contribution in [3.8, 4) is 45.3 Å². The molecule has 0 bridgehead atoms. The van der Waals surface area contributed by atoms with Crippen molar-refractivity contribution in [2.75, 3.05) is 0 Å².